The van der Waals surface area contributed by atoms with E-state index in [2.05, 4.69) is 13.8 Å². The second-order valence-corrected chi connectivity index (χ2v) is 6.18. The van der Waals surface area contributed by atoms with Crippen molar-refractivity contribution in [3.05, 3.63) is 34.6 Å². The third-order valence-electron chi connectivity index (χ3n) is 4.33. The lowest BCUT2D eigenvalue weighted by atomic mass is 9.72. The largest absolute Gasteiger partial charge is 0.324 e. The molecule has 0 radical (unpaired) electrons. The Morgan fingerprint density at radius 1 is 1.35 bits per heavy atom. The highest BCUT2D eigenvalue weighted by Crippen LogP contribution is 2.46. The monoisotopic (exact) mass is 255 g/mol. The molecular weight excluding hydrogens is 237 g/mol. The molecule has 1 aliphatic carbocycles. The minimum Gasteiger partial charge on any atom is -0.324 e. The Balaban J connectivity index is 2.33. The Morgan fingerprint density at radius 3 is 2.59 bits per heavy atom. The van der Waals surface area contributed by atoms with Crippen molar-refractivity contribution in [3.8, 4) is 0 Å². The molecule has 1 aromatic carbocycles. The Kier molecular flexibility index (Phi) is 3.21. The summed E-state index contributed by atoms with van der Waals surface area (Å²) in [5, 5.41) is 0.484. The highest BCUT2D eigenvalue weighted by Gasteiger charge is 2.46. The van der Waals surface area contributed by atoms with E-state index in [1.807, 2.05) is 0 Å². The zero-order valence-corrected chi connectivity index (χ0v) is 11.1. The highest BCUT2D eigenvalue weighted by molar-refractivity contribution is 6.31. The minimum atomic E-state index is -0.348. The van der Waals surface area contributed by atoms with Crippen LogP contribution in [0.1, 0.15) is 38.7 Å². The Bertz CT molecular complexity index is 410. The molecule has 1 aromatic rings. The van der Waals surface area contributed by atoms with Crippen LogP contribution in [0, 0.1) is 11.2 Å². The molecule has 0 aliphatic heterocycles. The van der Waals surface area contributed by atoms with Gasteiger partial charge in [-0.25, -0.2) is 4.39 Å². The predicted molar refractivity (Wildman–Crippen MR) is 69.7 cm³/mol. The lowest BCUT2D eigenvalue weighted by molar-refractivity contribution is 0.205. The first-order valence-electron chi connectivity index (χ1n) is 6.07. The van der Waals surface area contributed by atoms with Crippen LogP contribution in [0.4, 0.5) is 4.39 Å². The van der Waals surface area contributed by atoms with Gasteiger partial charge in [-0.1, -0.05) is 37.9 Å². The molecule has 3 heteroatoms. The van der Waals surface area contributed by atoms with Crippen LogP contribution in [-0.4, -0.2) is 5.54 Å². The van der Waals surface area contributed by atoms with Gasteiger partial charge in [0.05, 0.1) is 0 Å². The van der Waals surface area contributed by atoms with E-state index < -0.39 is 0 Å². The lowest BCUT2D eigenvalue weighted by Crippen LogP contribution is -2.50. The van der Waals surface area contributed by atoms with Crippen molar-refractivity contribution in [1.29, 1.82) is 0 Å². The van der Waals surface area contributed by atoms with Crippen LogP contribution >= 0.6 is 11.6 Å². The van der Waals surface area contributed by atoms with E-state index in [1.165, 1.54) is 6.07 Å². The summed E-state index contributed by atoms with van der Waals surface area (Å²) in [5.74, 6) is -0.245. The fraction of sp³-hybridized carbons (Fsp3) is 0.571. The van der Waals surface area contributed by atoms with Crippen molar-refractivity contribution in [1.82, 2.24) is 0 Å². The van der Waals surface area contributed by atoms with Crippen LogP contribution < -0.4 is 5.73 Å². The maximum absolute atomic E-state index is 13.8. The first-order chi connectivity index (χ1) is 7.86. The first kappa shape index (κ1) is 12.8. The summed E-state index contributed by atoms with van der Waals surface area (Å²) in [6.07, 6.45) is 3.65. The number of rotatable bonds is 2. The van der Waals surface area contributed by atoms with Crippen LogP contribution in [0.5, 0.6) is 0 Å². The van der Waals surface area contributed by atoms with E-state index in [-0.39, 0.29) is 16.8 Å². The lowest BCUT2D eigenvalue weighted by Gasteiger charge is -2.38. The average molecular weight is 256 g/mol. The van der Waals surface area contributed by atoms with Crippen molar-refractivity contribution < 1.29 is 4.39 Å². The highest BCUT2D eigenvalue weighted by atomic mass is 35.5. The van der Waals surface area contributed by atoms with Gasteiger partial charge < -0.3 is 5.73 Å². The van der Waals surface area contributed by atoms with Crippen LogP contribution in [0.3, 0.4) is 0 Å². The van der Waals surface area contributed by atoms with Gasteiger partial charge in [0.2, 0.25) is 0 Å². The molecule has 0 amide bonds. The molecule has 0 aromatic heterocycles. The molecule has 0 heterocycles. The molecule has 1 fully saturated rings. The normalized spacial score (nSPS) is 27.4. The zero-order chi connectivity index (χ0) is 12.7. The summed E-state index contributed by atoms with van der Waals surface area (Å²) in [6, 6.07) is 4.81. The van der Waals surface area contributed by atoms with Gasteiger partial charge in [0.25, 0.3) is 0 Å². The van der Waals surface area contributed by atoms with Crippen molar-refractivity contribution in [3.63, 3.8) is 0 Å². The standard InChI is InChI=1S/C14H19ClFN/c1-13(2)7-4-8-14(13,17)9-10-11(15)5-3-6-12(10)16/h3,5-6H,4,7-9,17H2,1-2H3. The molecule has 2 N–H and O–H groups in total. The van der Waals surface area contributed by atoms with E-state index in [1.54, 1.807) is 12.1 Å². The van der Waals surface area contributed by atoms with E-state index in [9.17, 15) is 4.39 Å². The van der Waals surface area contributed by atoms with Gasteiger partial charge >= 0.3 is 0 Å². The molecule has 1 unspecified atom stereocenters. The molecule has 1 atom stereocenters. The molecule has 1 nitrogen and oxygen atoms in total. The van der Waals surface area contributed by atoms with E-state index in [4.69, 9.17) is 17.3 Å². The van der Waals surface area contributed by atoms with Gasteiger partial charge in [0.15, 0.2) is 0 Å². The summed E-state index contributed by atoms with van der Waals surface area (Å²) in [7, 11) is 0. The summed E-state index contributed by atoms with van der Waals surface area (Å²) in [5.41, 5.74) is 6.73. The summed E-state index contributed by atoms with van der Waals surface area (Å²) < 4.78 is 13.8. The molecule has 94 valence electrons. The van der Waals surface area contributed by atoms with Gasteiger partial charge in [0, 0.05) is 16.1 Å². The van der Waals surface area contributed by atoms with Crippen LogP contribution in [0.25, 0.3) is 0 Å². The predicted octanol–water partition coefficient (Wildman–Crippen LogP) is 3.93. The topological polar surface area (TPSA) is 26.0 Å². The Hall–Kier alpha value is -0.600. The molecule has 0 bridgehead atoms. The quantitative estimate of drug-likeness (QED) is 0.851. The van der Waals surface area contributed by atoms with Gasteiger partial charge in [-0.15, -0.1) is 0 Å². The Morgan fingerprint density at radius 2 is 2.06 bits per heavy atom. The summed E-state index contributed by atoms with van der Waals surface area (Å²) in [6.45, 7) is 4.32. The van der Waals surface area contributed by atoms with E-state index in [0.717, 1.165) is 19.3 Å². The van der Waals surface area contributed by atoms with Gasteiger partial charge in [-0.3, -0.25) is 0 Å². The second kappa shape index (κ2) is 4.25. The van der Waals surface area contributed by atoms with Crippen molar-refractivity contribution in [2.45, 2.75) is 45.1 Å². The molecule has 1 saturated carbocycles. The number of benzene rings is 1. The maximum atomic E-state index is 13.8. The molecule has 0 saturated heterocycles. The summed E-state index contributed by atoms with van der Waals surface area (Å²) >= 11 is 6.07. The van der Waals surface area contributed by atoms with Crippen molar-refractivity contribution >= 4 is 11.6 Å². The third kappa shape index (κ3) is 2.21. The minimum absolute atomic E-state index is 0.0403. The van der Waals surface area contributed by atoms with Crippen LogP contribution in [0.2, 0.25) is 5.02 Å². The number of hydrogen-bond donors (Lipinski definition) is 1. The molecule has 0 spiro atoms. The Labute approximate surface area is 107 Å². The number of nitrogens with two attached hydrogens (primary N) is 1. The fourth-order valence-corrected chi connectivity index (χ4v) is 3.01. The number of halogens is 2. The second-order valence-electron chi connectivity index (χ2n) is 5.77. The van der Waals surface area contributed by atoms with Crippen molar-refractivity contribution in [2.24, 2.45) is 11.1 Å². The smallest absolute Gasteiger partial charge is 0.127 e. The number of hydrogen-bond acceptors (Lipinski definition) is 1. The van der Waals surface area contributed by atoms with E-state index >= 15 is 0 Å². The van der Waals surface area contributed by atoms with Gasteiger partial charge in [-0.2, -0.15) is 0 Å². The molecule has 1 aliphatic rings. The zero-order valence-electron chi connectivity index (χ0n) is 10.4. The SMILES string of the molecule is CC1(C)CCCC1(N)Cc1c(F)cccc1Cl. The third-order valence-corrected chi connectivity index (χ3v) is 4.68. The van der Waals surface area contributed by atoms with Gasteiger partial charge in [-0.05, 0) is 36.8 Å². The van der Waals surface area contributed by atoms with E-state index in [0.29, 0.717) is 17.0 Å². The molecular formula is C14H19ClFN. The van der Waals surface area contributed by atoms with Crippen LogP contribution in [0.15, 0.2) is 18.2 Å². The molecule has 2 rings (SSSR count). The maximum Gasteiger partial charge on any atom is 0.127 e. The first-order valence-corrected chi connectivity index (χ1v) is 6.45. The van der Waals surface area contributed by atoms with Crippen molar-refractivity contribution in [2.75, 3.05) is 0 Å². The summed E-state index contributed by atoms with van der Waals surface area (Å²) in [4.78, 5) is 0. The van der Waals surface area contributed by atoms with Crippen LogP contribution in [-0.2, 0) is 6.42 Å². The average Bonchev–Trinajstić information content (AvgIpc) is 2.48. The van der Waals surface area contributed by atoms with Gasteiger partial charge in [0.1, 0.15) is 5.82 Å². The molecule has 17 heavy (non-hydrogen) atoms. The fourth-order valence-electron chi connectivity index (χ4n) is 2.78.